The zero-order chi connectivity index (χ0) is 9.40. The SMILES string of the molecule is CC(CO)CC(CO)CCCO. The average molecular weight is 176 g/mol. The van der Waals surface area contributed by atoms with Crippen LogP contribution in [0.3, 0.4) is 0 Å². The molecule has 0 spiro atoms. The van der Waals surface area contributed by atoms with E-state index < -0.39 is 0 Å². The molecule has 0 saturated carbocycles. The van der Waals surface area contributed by atoms with Crippen molar-refractivity contribution in [2.24, 2.45) is 11.8 Å². The summed E-state index contributed by atoms with van der Waals surface area (Å²) in [6.45, 7) is 2.48. The van der Waals surface area contributed by atoms with E-state index in [1.807, 2.05) is 6.92 Å². The van der Waals surface area contributed by atoms with Crippen molar-refractivity contribution in [1.82, 2.24) is 0 Å². The molecular formula is C9H20O3. The second-order valence-electron chi connectivity index (χ2n) is 3.44. The first kappa shape index (κ1) is 11.9. The van der Waals surface area contributed by atoms with Crippen LogP contribution in [0.15, 0.2) is 0 Å². The molecule has 0 amide bonds. The Morgan fingerprint density at radius 1 is 1.08 bits per heavy atom. The van der Waals surface area contributed by atoms with Crippen LogP contribution >= 0.6 is 0 Å². The fourth-order valence-corrected chi connectivity index (χ4v) is 1.31. The first-order valence-electron chi connectivity index (χ1n) is 4.57. The van der Waals surface area contributed by atoms with Gasteiger partial charge in [-0.1, -0.05) is 6.92 Å². The van der Waals surface area contributed by atoms with Gasteiger partial charge >= 0.3 is 0 Å². The summed E-state index contributed by atoms with van der Waals surface area (Å²) in [6.07, 6.45) is 2.42. The van der Waals surface area contributed by atoms with Gasteiger partial charge < -0.3 is 15.3 Å². The minimum Gasteiger partial charge on any atom is -0.396 e. The van der Waals surface area contributed by atoms with E-state index in [1.54, 1.807) is 0 Å². The van der Waals surface area contributed by atoms with Gasteiger partial charge in [-0.15, -0.1) is 0 Å². The molecule has 0 aromatic heterocycles. The third-order valence-corrected chi connectivity index (χ3v) is 2.08. The van der Waals surface area contributed by atoms with Gasteiger partial charge in [-0.2, -0.15) is 0 Å². The number of aliphatic hydroxyl groups excluding tert-OH is 3. The Bertz CT molecular complexity index is 95.8. The Hall–Kier alpha value is -0.120. The summed E-state index contributed by atoms with van der Waals surface area (Å²) in [5, 5.41) is 26.3. The smallest absolute Gasteiger partial charge is 0.0459 e. The van der Waals surface area contributed by atoms with Gasteiger partial charge in [0, 0.05) is 19.8 Å². The van der Waals surface area contributed by atoms with Crippen LogP contribution in [0, 0.1) is 11.8 Å². The van der Waals surface area contributed by atoms with E-state index >= 15 is 0 Å². The normalized spacial score (nSPS) is 16.0. The van der Waals surface area contributed by atoms with Crippen molar-refractivity contribution in [1.29, 1.82) is 0 Å². The highest BCUT2D eigenvalue weighted by atomic mass is 16.3. The van der Waals surface area contributed by atoms with E-state index in [2.05, 4.69) is 0 Å². The van der Waals surface area contributed by atoms with E-state index in [-0.39, 0.29) is 31.7 Å². The monoisotopic (exact) mass is 176 g/mol. The van der Waals surface area contributed by atoms with Crippen molar-refractivity contribution in [3.63, 3.8) is 0 Å². The minimum atomic E-state index is 0.157. The molecule has 0 radical (unpaired) electrons. The molecule has 0 aromatic carbocycles. The van der Waals surface area contributed by atoms with E-state index in [0.29, 0.717) is 0 Å². The Morgan fingerprint density at radius 3 is 2.17 bits per heavy atom. The number of hydrogen-bond acceptors (Lipinski definition) is 3. The van der Waals surface area contributed by atoms with Gasteiger partial charge in [0.1, 0.15) is 0 Å². The fraction of sp³-hybridized carbons (Fsp3) is 1.00. The molecule has 0 heterocycles. The summed E-state index contributed by atoms with van der Waals surface area (Å²) in [6, 6.07) is 0. The van der Waals surface area contributed by atoms with Crippen LogP contribution in [0.5, 0.6) is 0 Å². The summed E-state index contributed by atoms with van der Waals surface area (Å²) >= 11 is 0. The van der Waals surface area contributed by atoms with Crippen molar-refractivity contribution < 1.29 is 15.3 Å². The third kappa shape index (κ3) is 5.52. The molecule has 2 unspecified atom stereocenters. The van der Waals surface area contributed by atoms with Crippen LogP contribution in [0.2, 0.25) is 0 Å². The van der Waals surface area contributed by atoms with Crippen LogP contribution in [-0.4, -0.2) is 35.1 Å². The Kier molecular flexibility index (Phi) is 7.45. The number of aliphatic hydroxyl groups is 3. The highest BCUT2D eigenvalue weighted by Gasteiger charge is 2.11. The summed E-state index contributed by atoms with van der Waals surface area (Å²) in [7, 11) is 0. The zero-order valence-corrected chi connectivity index (χ0v) is 7.74. The molecule has 0 aliphatic rings. The maximum absolute atomic E-state index is 8.93. The second-order valence-corrected chi connectivity index (χ2v) is 3.44. The fourth-order valence-electron chi connectivity index (χ4n) is 1.31. The zero-order valence-electron chi connectivity index (χ0n) is 7.74. The average Bonchev–Trinajstić information content (AvgIpc) is 2.11. The lowest BCUT2D eigenvalue weighted by Gasteiger charge is -2.16. The molecule has 0 aliphatic carbocycles. The van der Waals surface area contributed by atoms with Gasteiger partial charge in [0.15, 0.2) is 0 Å². The van der Waals surface area contributed by atoms with E-state index in [4.69, 9.17) is 15.3 Å². The molecule has 0 aliphatic heterocycles. The van der Waals surface area contributed by atoms with Gasteiger partial charge in [-0.05, 0) is 31.1 Å². The first-order valence-corrected chi connectivity index (χ1v) is 4.57. The Labute approximate surface area is 74.0 Å². The van der Waals surface area contributed by atoms with Crippen molar-refractivity contribution in [2.45, 2.75) is 26.2 Å². The molecule has 74 valence electrons. The lowest BCUT2D eigenvalue weighted by molar-refractivity contribution is 0.155. The highest BCUT2D eigenvalue weighted by molar-refractivity contribution is 4.62. The van der Waals surface area contributed by atoms with Crippen LogP contribution in [-0.2, 0) is 0 Å². The largest absolute Gasteiger partial charge is 0.396 e. The summed E-state index contributed by atoms with van der Waals surface area (Å²) in [5.74, 6) is 0.486. The van der Waals surface area contributed by atoms with Crippen molar-refractivity contribution in [3.8, 4) is 0 Å². The molecule has 0 saturated heterocycles. The summed E-state index contributed by atoms with van der Waals surface area (Å²) in [5.41, 5.74) is 0. The highest BCUT2D eigenvalue weighted by Crippen LogP contribution is 2.16. The Morgan fingerprint density at radius 2 is 1.75 bits per heavy atom. The van der Waals surface area contributed by atoms with Crippen LogP contribution in [0.4, 0.5) is 0 Å². The lowest BCUT2D eigenvalue weighted by Crippen LogP contribution is -2.13. The minimum absolute atomic E-state index is 0.157. The van der Waals surface area contributed by atoms with Gasteiger partial charge in [0.05, 0.1) is 0 Å². The molecule has 2 atom stereocenters. The predicted octanol–water partition coefficient (Wildman–Crippen LogP) is 0.386. The maximum Gasteiger partial charge on any atom is 0.0459 e. The quantitative estimate of drug-likeness (QED) is 0.526. The van der Waals surface area contributed by atoms with Gasteiger partial charge in [-0.25, -0.2) is 0 Å². The van der Waals surface area contributed by atoms with Crippen molar-refractivity contribution >= 4 is 0 Å². The van der Waals surface area contributed by atoms with Crippen molar-refractivity contribution in [2.75, 3.05) is 19.8 Å². The van der Waals surface area contributed by atoms with Crippen molar-refractivity contribution in [3.05, 3.63) is 0 Å². The summed E-state index contributed by atoms with van der Waals surface area (Å²) in [4.78, 5) is 0. The van der Waals surface area contributed by atoms with Gasteiger partial charge in [0.25, 0.3) is 0 Å². The van der Waals surface area contributed by atoms with Crippen LogP contribution < -0.4 is 0 Å². The lowest BCUT2D eigenvalue weighted by atomic mass is 9.93. The van der Waals surface area contributed by atoms with E-state index in [9.17, 15) is 0 Å². The van der Waals surface area contributed by atoms with E-state index in [1.165, 1.54) is 0 Å². The van der Waals surface area contributed by atoms with Crippen LogP contribution in [0.1, 0.15) is 26.2 Å². The van der Waals surface area contributed by atoms with Gasteiger partial charge in [-0.3, -0.25) is 0 Å². The molecule has 3 N–H and O–H groups in total. The molecule has 0 rings (SSSR count). The van der Waals surface area contributed by atoms with Gasteiger partial charge in [0.2, 0.25) is 0 Å². The first-order chi connectivity index (χ1) is 5.74. The second kappa shape index (κ2) is 7.53. The maximum atomic E-state index is 8.93. The number of hydrogen-bond donors (Lipinski definition) is 3. The molecule has 12 heavy (non-hydrogen) atoms. The molecule has 0 aromatic rings. The molecular weight excluding hydrogens is 156 g/mol. The predicted molar refractivity (Wildman–Crippen MR) is 47.8 cm³/mol. The van der Waals surface area contributed by atoms with E-state index in [0.717, 1.165) is 19.3 Å². The molecule has 0 fully saturated rings. The molecule has 0 bridgehead atoms. The standard InChI is InChI=1S/C9H20O3/c1-8(6-11)5-9(7-12)3-2-4-10/h8-12H,2-7H2,1H3. The molecule has 3 nitrogen and oxygen atoms in total. The number of rotatable bonds is 7. The Balaban J connectivity index is 3.51. The topological polar surface area (TPSA) is 60.7 Å². The third-order valence-electron chi connectivity index (χ3n) is 2.08. The summed E-state index contributed by atoms with van der Waals surface area (Å²) < 4.78 is 0. The van der Waals surface area contributed by atoms with Crippen LogP contribution in [0.25, 0.3) is 0 Å². The molecule has 3 heteroatoms.